The molecule has 2 atom stereocenters. The van der Waals surface area contributed by atoms with E-state index in [1.54, 1.807) is 22.7 Å². The van der Waals surface area contributed by atoms with E-state index in [2.05, 4.69) is 70.0 Å². The Morgan fingerprint density at radius 2 is 1.12 bits per heavy atom. The molecular weight excluding hydrogens is 492 g/mol. The van der Waals surface area contributed by atoms with E-state index in [9.17, 15) is 0 Å². The molecule has 0 spiro atoms. The number of rotatable bonds is 2. The lowest BCUT2D eigenvalue weighted by Crippen LogP contribution is -2.36. The number of halogens is 2. The summed E-state index contributed by atoms with van der Waals surface area (Å²) < 4.78 is 2.27. The Bertz CT molecular complexity index is 998. The number of nitrogens with two attached hydrogens (primary N) is 2. The zero-order valence-corrected chi connectivity index (χ0v) is 19.3. The van der Waals surface area contributed by atoms with Crippen LogP contribution in [0.1, 0.15) is 48.9 Å². The second-order valence-electron chi connectivity index (χ2n) is 7.18. The Balaban J connectivity index is 1.86. The maximum absolute atomic E-state index is 6.96. The van der Waals surface area contributed by atoms with E-state index in [0.717, 1.165) is 20.4 Å². The molecule has 6 heteroatoms. The van der Waals surface area contributed by atoms with Crippen LogP contribution in [0.5, 0.6) is 0 Å². The SMILES string of the molecule is CCC1(N)c2cc3c(cc2-c2sc(Br)cc21)C(N)(CC)c1cc(Br)sc1-3. The molecule has 2 aliphatic carbocycles. The van der Waals surface area contributed by atoms with Crippen LogP contribution in [0.15, 0.2) is 31.8 Å². The third-order valence-corrected chi connectivity index (χ3v) is 9.43. The lowest BCUT2D eigenvalue weighted by molar-refractivity contribution is 0.527. The molecule has 5 rings (SSSR count). The minimum Gasteiger partial charge on any atom is -0.318 e. The quantitative estimate of drug-likeness (QED) is 0.413. The number of hydrogen-bond donors (Lipinski definition) is 2. The topological polar surface area (TPSA) is 52.0 Å². The Morgan fingerprint density at radius 3 is 1.46 bits per heavy atom. The molecule has 0 saturated carbocycles. The minimum atomic E-state index is -0.428. The molecule has 2 heterocycles. The number of benzene rings is 1. The van der Waals surface area contributed by atoms with Crippen LogP contribution in [0.4, 0.5) is 0 Å². The molecule has 0 aliphatic heterocycles. The predicted molar refractivity (Wildman–Crippen MR) is 119 cm³/mol. The van der Waals surface area contributed by atoms with Gasteiger partial charge in [0.1, 0.15) is 0 Å². The van der Waals surface area contributed by atoms with E-state index < -0.39 is 11.1 Å². The smallest absolute Gasteiger partial charge is 0.0708 e. The fraction of sp³-hybridized carbons (Fsp3) is 0.300. The highest BCUT2D eigenvalue weighted by Crippen LogP contribution is 2.59. The highest BCUT2D eigenvalue weighted by molar-refractivity contribution is 9.11. The van der Waals surface area contributed by atoms with Crippen molar-refractivity contribution in [1.82, 2.24) is 0 Å². The van der Waals surface area contributed by atoms with Crippen LogP contribution in [-0.4, -0.2) is 0 Å². The first-order valence-electron chi connectivity index (χ1n) is 8.70. The second kappa shape index (κ2) is 5.52. The van der Waals surface area contributed by atoms with E-state index in [1.165, 1.54) is 43.1 Å². The van der Waals surface area contributed by atoms with Crippen LogP contribution in [-0.2, 0) is 11.1 Å². The summed E-state index contributed by atoms with van der Waals surface area (Å²) in [6, 6.07) is 9.02. The van der Waals surface area contributed by atoms with Gasteiger partial charge in [0.2, 0.25) is 0 Å². The average Bonchev–Trinajstić information content (AvgIpc) is 3.31. The zero-order valence-electron chi connectivity index (χ0n) is 14.5. The highest BCUT2D eigenvalue weighted by Gasteiger charge is 2.46. The van der Waals surface area contributed by atoms with Gasteiger partial charge in [-0.1, -0.05) is 13.8 Å². The molecule has 2 unspecified atom stereocenters. The maximum atomic E-state index is 6.96. The number of hydrogen-bond acceptors (Lipinski definition) is 4. The monoisotopic (exact) mass is 508 g/mol. The van der Waals surface area contributed by atoms with Crippen LogP contribution in [0.3, 0.4) is 0 Å². The molecule has 3 aromatic rings. The summed E-state index contributed by atoms with van der Waals surface area (Å²) in [7, 11) is 0. The van der Waals surface area contributed by atoms with Gasteiger partial charge in [-0.25, -0.2) is 0 Å². The molecule has 26 heavy (non-hydrogen) atoms. The van der Waals surface area contributed by atoms with Gasteiger partial charge in [-0.05, 0) is 102 Å². The minimum absolute atomic E-state index is 0.428. The first-order chi connectivity index (χ1) is 12.3. The third-order valence-electron chi connectivity index (χ3n) is 6.09. The molecule has 0 fully saturated rings. The zero-order chi connectivity index (χ0) is 18.4. The fourth-order valence-electron chi connectivity index (χ4n) is 4.55. The van der Waals surface area contributed by atoms with Gasteiger partial charge in [0.05, 0.1) is 18.7 Å². The molecule has 0 saturated heterocycles. The van der Waals surface area contributed by atoms with E-state index in [4.69, 9.17) is 11.5 Å². The van der Waals surface area contributed by atoms with Gasteiger partial charge in [0, 0.05) is 9.75 Å². The fourth-order valence-corrected chi connectivity index (χ4v) is 7.98. The summed E-state index contributed by atoms with van der Waals surface area (Å²) in [6.07, 6.45) is 1.75. The number of fused-ring (bicyclic) bond motifs is 6. The standard InChI is InChI=1S/C20H18Br2N2S2/c1-3-19(23)11-5-10-12(6-9(11)17-13(19)7-15(21)25-17)20(24,4-2)14-8-16(22)26-18(10)14/h5-8H,3-4,23-24H2,1-2H3. The van der Waals surface area contributed by atoms with Crippen LogP contribution >= 0.6 is 54.5 Å². The molecule has 0 bridgehead atoms. The molecular formula is C20H18Br2N2S2. The first kappa shape index (κ1) is 17.6. The molecule has 0 radical (unpaired) electrons. The van der Waals surface area contributed by atoms with Crippen molar-refractivity contribution in [3.05, 3.63) is 54.1 Å². The van der Waals surface area contributed by atoms with Gasteiger partial charge in [-0.2, -0.15) is 0 Å². The van der Waals surface area contributed by atoms with Crippen molar-refractivity contribution < 1.29 is 0 Å². The lowest BCUT2D eigenvalue weighted by Gasteiger charge is -2.27. The van der Waals surface area contributed by atoms with E-state index in [-0.39, 0.29) is 0 Å². The molecule has 2 nitrogen and oxygen atoms in total. The van der Waals surface area contributed by atoms with Crippen LogP contribution < -0.4 is 11.5 Å². The molecule has 2 aliphatic rings. The Kier molecular flexibility index (Phi) is 3.74. The van der Waals surface area contributed by atoms with E-state index in [0.29, 0.717) is 0 Å². The van der Waals surface area contributed by atoms with Crippen LogP contribution in [0.25, 0.3) is 20.9 Å². The predicted octanol–water partition coefficient (Wildman–Crippen LogP) is 6.52. The average molecular weight is 510 g/mol. The summed E-state index contributed by atoms with van der Waals surface area (Å²) in [5, 5.41) is 0. The van der Waals surface area contributed by atoms with Crippen molar-refractivity contribution in [2.75, 3.05) is 0 Å². The van der Waals surface area contributed by atoms with Gasteiger partial charge in [-0.15, -0.1) is 22.7 Å². The summed E-state index contributed by atoms with van der Waals surface area (Å²) >= 11 is 10.8. The van der Waals surface area contributed by atoms with E-state index >= 15 is 0 Å². The van der Waals surface area contributed by atoms with Crippen molar-refractivity contribution in [1.29, 1.82) is 0 Å². The summed E-state index contributed by atoms with van der Waals surface area (Å²) in [5.41, 5.74) is 20.5. The van der Waals surface area contributed by atoms with Gasteiger partial charge < -0.3 is 11.5 Å². The summed E-state index contributed by atoms with van der Waals surface area (Å²) in [4.78, 5) is 2.57. The van der Waals surface area contributed by atoms with Gasteiger partial charge >= 0.3 is 0 Å². The molecule has 134 valence electrons. The molecule has 4 N–H and O–H groups in total. The third kappa shape index (κ3) is 1.98. The molecule has 0 amide bonds. The lowest BCUT2D eigenvalue weighted by atomic mass is 9.82. The Morgan fingerprint density at radius 1 is 0.731 bits per heavy atom. The van der Waals surface area contributed by atoms with Crippen LogP contribution in [0.2, 0.25) is 0 Å². The Labute approximate surface area is 177 Å². The largest absolute Gasteiger partial charge is 0.318 e. The first-order valence-corrected chi connectivity index (χ1v) is 11.9. The normalized spacial score (nSPS) is 25.2. The van der Waals surface area contributed by atoms with Gasteiger partial charge in [0.25, 0.3) is 0 Å². The molecule has 1 aromatic carbocycles. The van der Waals surface area contributed by atoms with Crippen molar-refractivity contribution in [3.63, 3.8) is 0 Å². The number of thiophene rings is 2. The summed E-state index contributed by atoms with van der Waals surface area (Å²) in [5.74, 6) is 0. The van der Waals surface area contributed by atoms with Crippen LogP contribution in [0, 0.1) is 0 Å². The summed E-state index contributed by atoms with van der Waals surface area (Å²) in [6.45, 7) is 4.34. The van der Waals surface area contributed by atoms with Gasteiger partial charge in [-0.3, -0.25) is 0 Å². The second-order valence-corrected chi connectivity index (χ2v) is 12.0. The maximum Gasteiger partial charge on any atom is 0.0708 e. The van der Waals surface area contributed by atoms with E-state index in [1.807, 2.05) is 0 Å². The molecule has 2 aromatic heterocycles. The highest BCUT2D eigenvalue weighted by atomic mass is 79.9. The van der Waals surface area contributed by atoms with Gasteiger partial charge in [0.15, 0.2) is 0 Å². The van der Waals surface area contributed by atoms with Crippen molar-refractivity contribution in [2.24, 2.45) is 11.5 Å². The van der Waals surface area contributed by atoms with Crippen molar-refractivity contribution >= 4 is 54.5 Å². The van der Waals surface area contributed by atoms with Crippen molar-refractivity contribution in [2.45, 2.75) is 37.8 Å². The Hall–Kier alpha value is -0.500. The van der Waals surface area contributed by atoms with Crippen molar-refractivity contribution in [3.8, 4) is 20.9 Å².